The maximum absolute atomic E-state index is 12.1. The largest absolute Gasteiger partial charge is 0.352 e. The Morgan fingerprint density at radius 3 is 1.60 bits per heavy atom. The fraction of sp³-hybridized carbons (Fsp3) is 0.579. The lowest BCUT2D eigenvalue weighted by atomic mass is 10.1. The van der Waals surface area contributed by atoms with Crippen LogP contribution in [-0.2, 0) is 0 Å². The third-order valence-electron chi connectivity index (χ3n) is 3.72. The first-order valence-electron chi connectivity index (χ1n) is 8.75. The number of nitrogens with two attached hydrogens (primary N) is 2. The molecule has 0 bridgehead atoms. The van der Waals surface area contributed by atoms with Crippen molar-refractivity contribution in [2.24, 2.45) is 11.5 Å². The van der Waals surface area contributed by atoms with Crippen molar-refractivity contribution in [1.29, 1.82) is 0 Å². The number of rotatable bonds is 12. The van der Waals surface area contributed by atoms with E-state index < -0.39 is 0 Å². The fourth-order valence-corrected chi connectivity index (χ4v) is 2.30. The summed E-state index contributed by atoms with van der Waals surface area (Å²) in [6.07, 6.45) is 5.76. The Hall–Kier alpha value is -1.92. The predicted molar refractivity (Wildman–Crippen MR) is 104 cm³/mol. The molecule has 0 saturated carbocycles. The summed E-state index contributed by atoms with van der Waals surface area (Å²) in [7, 11) is 0. The van der Waals surface area contributed by atoms with E-state index in [1.54, 1.807) is 24.3 Å². The first-order chi connectivity index (χ1) is 11.7. The van der Waals surface area contributed by atoms with Crippen molar-refractivity contribution in [2.45, 2.75) is 46.0 Å². The molecule has 1 rings (SSSR count). The van der Waals surface area contributed by atoms with Crippen molar-refractivity contribution in [3.8, 4) is 0 Å². The molecule has 1 aromatic rings. The molecule has 0 heterocycles. The molecule has 0 aromatic heterocycles. The van der Waals surface area contributed by atoms with Gasteiger partial charge < -0.3 is 22.1 Å². The predicted octanol–water partition coefficient (Wildman–Crippen LogP) is 2.04. The molecule has 0 radical (unpaired) electrons. The Bertz CT molecular complexity index is 465. The van der Waals surface area contributed by atoms with Crippen LogP contribution in [0.2, 0.25) is 0 Å². The minimum Gasteiger partial charge on any atom is -0.352 e. The third-order valence-corrected chi connectivity index (χ3v) is 3.72. The van der Waals surface area contributed by atoms with Crippen molar-refractivity contribution in [3.05, 3.63) is 35.4 Å². The molecule has 0 saturated heterocycles. The lowest BCUT2D eigenvalue weighted by Gasteiger charge is -2.08. The summed E-state index contributed by atoms with van der Waals surface area (Å²) in [4.78, 5) is 24.2. The van der Waals surface area contributed by atoms with Crippen LogP contribution in [0.25, 0.3) is 0 Å². The van der Waals surface area contributed by atoms with E-state index in [1.165, 1.54) is 0 Å². The molecule has 0 unspecified atom stereocenters. The highest BCUT2D eigenvalue weighted by Gasteiger charge is 2.09. The Balaban J connectivity index is 0.00000576. The SMILES string of the molecule is C.NCCCCCNC(=O)c1cccc(C(=O)NCCCCCN)c1. The number of hydrogen-bond donors (Lipinski definition) is 4. The standard InChI is InChI=1S/C18H30N4O2.CH4/c19-10-3-1-5-12-21-17(23)15-8-7-9-16(14-15)18(24)22-13-6-2-4-11-20;/h7-9,14H,1-6,10-13,19-20H2,(H,21,23)(H,22,24);1H4. The number of benzene rings is 1. The van der Waals surface area contributed by atoms with E-state index in [2.05, 4.69) is 10.6 Å². The molecule has 2 amide bonds. The van der Waals surface area contributed by atoms with Gasteiger partial charge in [0.05, 0.1) is 0 Å². The highest BCUT2D eigenvalue weighted by Crippen LogP contribution is 2.06. The van der Waals surface area contributed by atoms with Crippen LogP contribution in [0.1, 0.15) is 66.7 Å². The van der Waals surface area contributed by atoms with Gasteiger partial charge in [0, 0.05) is 24.2 Å². The molecule has 6 nitrogen and oxygen atoms in total. The van der Waals surface area contributed by atoms with Crippen LogP contribution in [0.3, 0.4) is 0 Å². The van der Waals surface area contributed by atoms with Crippen LogP contribution in [0, 0.1) is 0 Å². The first-order valence-corrected chi connectivity index (χ1v) is 8.75. The molecule has 142 valence electrons. The summed E-state index contributed by atoms with van der Waals surface area (Å²) in [5.41, 5.74) is 11.9. The van der Waals surface area contributed by atoms with Gasteiger partial charge in [0.25, 0.3) is 11.8 Å². The van der Waals surface area contributed by atoms with Crippen molar-refractivity contribution in [3.63, 3.8) is 0 Å². The molecular formula is C19H34N4O2. The van der Waals surface area contributed by atoms with Gasteiger partial charge >= 0.3 is 0 Å². The highest BCUT2D eigenvalue weighted by molar-refractivity contribution is 5.99. The molecule has 25 heavy (non-hydrogen) atoms. The van der Waals surface area contributed by atoms with E-state index in [-0.39, 0.29) is 19.2 Å². The monoisotopic (exact) mass is 350 g/mol. The van der Waals surface area contributed by atoms with Crippen molar-refractivity contribution >= 4 is 11.8 Å². The number of nitrogens with one attached hydrogen (secondary N) is 2. The molecule has 0 spiro atoms. The average molecular weight is 351 g/mol. The molecule has 0 aliphatic carbocycles. The molecule has 0 aliphatic heterocycles. The summed E-state index contributed by atoms with van der Waals surface area (Å²) in [6, 6.07) is 6.79. The van der Waals surface area contributed by atoms with Crippen molar-refractivity contribution in [2.75, 3.05) is 26.2 Å². The van der Waals surface area contributed by atoms with Gasteiger partial charge in [-0.15, -0.1) is 0 Å². The lowest BCUT2D eigenvalue weighted by Crippen LogP contribution is -2.27. The van der Waals surface area contributed by atoms with E-state index >= 15 is 0 Å². The molecule has 0 fully saturated rings. The van der Waals surface area contributed by atoms with E-state index in [9.17, 15) is 9.59 Å². The van der Waals surface area contributed by atoms with E-state index in [4.69, 9.17) is 11.5 Å². The second-order valence-corrected chi connectivity index (χ2v) is 5.79. The van der Waals surface area contributed by atoms with Crippen LogP contribution in [0.4, 0.5) is 0 Å². The number of amides is 2. The number of carbonyl (C=O) groups excluding carboxylic acids is 2. The quantitative estimate of drug-likeness (QED) is 0.432. The summed E-state index contributed by atoms with van der Waals surface area (Å²) in [5.74, 6) is -0.305. The summed E-state index contributed by atoms with van der Waals surface area (Å²) in [6.45, 7) is 2.60. The zero-order valence-electron chi connectivity index (χ0n) is 14.4. The Morgan fingerprint density at radius 2 is 1.20 bits per heavy atom. The third kappa shape index (κ3) is 9.84. The normalized spacial score (nSPS) is 10.0. The zero-order valence-corrected chi connectivity index (χ0v) is 14.4. The second-order valence-electron chi connectivity index (χ2n) is 5.79. The van der Waals surface area contributed by atoms with Crippen LogP contribution in [-0.4, -0.2) is 38.0 Å². The van der Waals surface area contributed by atoms with Crippen LogP contribution < -0.4 is 22.1 Å². The van der Waals surface area contributed by atoms with Crippen molar-refractivity contribution in [1.82, 2.24) is 10.6 Å². The van der Waals surface area contributed by atoms with Gasteiger partial charge in [-0.1, -0.05) is 26.3 Å². The molecule has 6 N–H and O–H groups in total. The van der Waals surface area contributed by atoms with Crippen LogP contribution in [0.15, 0.2) is 24.3 Å². The van der Waals surface area contributed by atoms with Gasteiger partial charge in [0.2, 0.25) is 0 Å². The van der Waals surface area contributed by atoms with Crippen LogP contribution >= 0.6 is 0 Å². The Morgan fingerprint density at radius 1 is 0.760 bits per heavy atom. The number of carbonyl (C=O) groups is 2. The molecule has 0 aliphatic rings. The zero-order chi connectivity index (χ0) is 17.6. The van der Waals surface area contributed by atoms with Gasteiger partial charge in [0.1, 0.15) is 0 Å². The topological polar surface area (TPSA) is 110 Å². The number of unbranched alkanes of at least 4 members (excludes halogenated alkanes) is 4. The Labute approximate surface area is 151 Å². The number of hydrogen-bond acceptors (Lipinski definition) is 4. The van der Waals surface area contributed by atoms with Crippen LogP contribution in [0.5, 0.6) is 0 Å². The molecular weight excluding hydrogens is 316 g/mol. The van der Waals surface area contributed by atoms with Gasteiger partial charge in [-0.2, -0.15) is 0 Å². The average Bonchev–Trinajstić information content (AvgIpc) is 2.61. The fourth-order valence-electron chi connectivity index (χ4n) is 2.30. The van der Waals surface area contributed by atoms with E-state index in [0.29, 0.717) is 37.3 Å². The van der Waals surface area contributed by atoms with E-state index in [0.717, 1.165) is 38.5 Å². The van der Waals surface area contributed by atoms with Gasteiger partial charge in [0.15, 0.2) is 0 Å². The molecule has 6 heteroatoms. The maximum Gasteiger partial charge on any atom is 0.251 e. The first kappa shape index (κ1) is 23.1. The maximum atomic E-state index is 12.1. The lowest BCUT2D eigenvalue weighted by molar-refractivity contribution is 0.0952. The van der Waals surface area contributed by atoms with Gasteiger partial charge in [-0.3, -0.25) is 9.59 Å². The minimum absolute atomic E-state index is 0. The minimum atomic E-state index is -0.152. The van der Waals surface area contributed by atoms with Crippen molar-refractivity contribution < 1.29 is 9.59 Å². The Kier molecular flexibility index (Phi) is 13.3. The molecule has 0 atom stereocenters. The summed E-state index contributed by atoms with van der Waals surface area (Å²) < 4.78 is 0. The van der Waals surface area contributed by atoms with E-state index in [1.807, 2.05) is 0 Å². The second kappa shape index (κ2) is 14.4. The summed E-state index contributed by atoms with van der Waals surface area (Å²) >= 11 is 0. The van der Waals surface area contributed by atoms with Gasteiger partial charge in [-0.25, -0.2) is 0 Å². The molecule has 1 aromatic carbocycles. The summed E-state index contributed by atoms with van der Waals surface area (Å²) in [5, 5.41) is 5.73. The highest BCUT2D eigenvalue weighted by atomic mass is 16.2. The van der Waals surface area contributed by atoms with Gasteiger partial charge in [-0.05, 0) is 57.0 Å². The smallest absolute Gasteiger partial charge is 0.251 e.